The number of ether oxygens (including phenoxy) is 1. The first-order valence-electron chi connectivity index (χ1n) is 16.3. The van der Waals surface area contributed by atoms with Crippen molar-refractivity contribution in [2.45, 2.75) is 131 Å². The summed E-state index contributed by atoms with van der Waals surface area (Å²) in [5, 5.41) is 0. The van der Waals surface area contributed by atoms with Gasteiger partial charge in [-0.05, 0) is 130 Å². The molecule has 0 aromatic rings. The van der Waals surface area contributed by atoms with Crippen LogP contribution in [-0.4, -0.2) is 37.2 Å². The van der Waals surface area contributed by atoms with E-state index in [9.17, 15) is 0 Å². The molecule has 0 spiro atoms. The van der Waals surface area contributed by atoms with Crippen molar-refractivity contribution < 1.29 is 4.74 Å². The second kappa shape index (κ2) is 12.6. The summed E-state index contributed by atoms with van der Waals surface area (Å²) in [7, 11) is 0. The lowest BCUT2D eigenvalue weighted by Gasteiger charge is -2.58. The SMILES string of the molecule is CC(C)CCC[C@@H](C)[C@H]1CC[C@H]2[C@@H]3CC=C4C[C@@H](OCCCN5CCCC5)CC[C@]4(C)[C@H]3CC[C@]12C.Cl. The molecule has 5 rings (SSSR count). The summed E-state index contributed by atoms with van der Waals surface area (Å²) in [6, 6.07) is 0. The second-order valence-corrected chi connectivity index (χ2v) is 14.9. The van der Waals surface area contributed by atoms with Crippen molar-refractivity contribution in [3.63, 3.8) is 0 Å². The number of hydrogen-bond acceptors (Lipinski definition) is 2. The molecular weight excluding hydrogens is 474 g/mol. The van der Waals surface area contributed by atoms with Crippen molar-refractivity contribution in [2.24, 2.45) is 46.3 Å². The maximum absolute atomic E-state index is 6.48. The summed E-state index contributed by atoms with van der Waals surface area (Å²) < 4.78 is 6.48. The van der Waals surface area contributed by atoms with Gasteiger partial charge in [0.2, 0.25) is 0 Å². The molecule has 0 unspecified atom stereocenters. The Morgan fingerprint density at radius 3 is 2.49 bits per heavy atom. The van der Waals surface area contributed by atoms with Gasteiger partial charge in [0, 0.05) is 13.2 Å². The van der Waals surface area contributed by atoms with E-state index < -0.39 is 0 Å². The third kappa shape index (κ3) is 6.17. The Labute approximate surface area is 236 Å². The number of hydrogen-bond donors (Lipinski definition) is 0. The van der Waals surface area contributed by atoms with Crippen molar-refractivity contribution in [3.8, 4) is 0 Å². The Bertz CT molecular complexity index is 759. The van der Waals surface area contributed by atoms with Crippen LogP contribution in [0.1, 0.15) is 125 Å². The van der Waals surface area contributed by atoms with Crippen molar-refractivity contribution in [2.75, 3.05) is 26.2 Å². The van der Waals surface area contributed by atoms with E-state index in [4.69, 9.17) is 4.74 Å². The molecule has 4 fully saturated rings. The summed E-state index contributed by atoms with van der Waals surface area (Å²) >= 11 is 0. The van der Waals surface area contributed by atoms with Crippen LogP contribution in [0.25, 0.3) is 0 Å². The number of fused-ring (bicyclic) bond motifs is 5. The number of rotatable bonds is 10. The number of nitrogens with zero attached hydrogens (tertiary/aromatic N) is 1. The highest BCUT2D eigenvalue weighted by Gasteiger charge is 2.59. The van der Waals surface area contributed by atoms with Crippen LogP contribution in [0, 0.1) is 46.3 Å². The lowest BCUT2D eigenvalue weighted by molar-refractivity contribution is -0.0642. The summed E-state index contributed by atoms with van der Waals surface area (Å²) in [6.45, 7) is 17.6. The molecule has 37 heavy (non-hydrogen) atoms. The Balaban J connectivity index is 0.00000320. The molecule has 0 bridgehead atoms. The topological polar surface area (TPSA) is 12.5 Å². The first kappa shape index (κ1) is 29.9. The van der Waals surface area contributed by atoms with Crippen molar-refractivity contribution in [1.29, 1.82) is 0 Å². The van der Waals surface area contributed by atoms with Gasteiger partial charge in [-0.25, -0.2) is 0 Å². The van der Waals surface area contributed by atoms with E-state index in [-0.39, 0.29) is 12.4 Å². The molecule has 3 heteroatoms. The van der Waals surface area contributed by atoms with Crippen LogP contribution in [0.3, 0.4) is 0 Å². The van der Waals surface area contributed by atoms with Crippen LogP contribution in [-0.2, 0) is 4.74 Å². The fourth-order valence-corrected chi connectivity index (χ4v) is 10.3. The molecule has 4 aliphatic carbocycles. The van der Waals surface area contributed by atoms with Gasteiger partial charge in [0.15, 0.2) is 0 Å². The molecule has 1 aliphatic heterocycles. The van der Waals surface area contributed by atoms with E-state index in [1.165, 1.54) is 110 Å². The maximum Gasteiger partial charge on any atom is 0.0612 e. The third-order valence-corrected chi connectivity index (χ3v) is 12.4. The molecule has 0 aromatic heterocycles. The Morgan fingerprint density at radius 2 is 1.73 bits per heavy atom. The minimum atomic E-state index is 0. The quantitative estimate of drug-likeness (QED) is 0.205. The van der Waals surface area contributed by atoms with Gasteiger partial charge in [-0.3, -0.25) is 0 Å². The number of allylic oxidation sites excluding steroid dienone is 1. The zero-order valence-electron chi connectivity index (χ0n) is 25.1. The average Bonchev–Trinajstić information content (AvgIpc) is 3.49. The van der Waals surface area contributed by atoms with Crippen molar-refractivity contribution in [1.82, 2.24) is 4.90 Å². The highest BCUT2D eigenvalue weighted by Crippen LogP contribution is 2.67. The molecule has 1 saturated heterocycles. The Morgan fingerprint density at radius 1 is 0.946 bits per heavy atom. The molecule has 8 atom stereocenters. The van der Waals surface area contributed by atoms with Crippen LogP contribution < -0.4 is 0 Å². The summed E-state index contributed by atoms with van der Waals surface area (Å²) in [5.41, 5.74) is 2.86. The van der Waals surface area contributed by atoms with E-state index in [0.29, 0.717) is 16.9 Å². The Kier molecular flexibility index (Phi) is 10.2. The highest BCUT2D eigenvalue weighted by molar-refractivity contribution is 5.85. The minimum Gasteiger partial charge on any atom is -0.378 e. The van der Waals surface area contributed by atoms with Crippen LogP contribution in [0.4, 0.5) is 0 Å². The van der Waals surface area contributed by atoms with E-state index >= 15 is 0 Å². The summed E-state index contributed by atoms with van der Waals surface area (Å²) in [5.74, 6) is 5.60. The first-order chi connectivity index (χ1) is 17.3. The molecule has 0 amide bonds. The van der Waals surface area contributed by atoms with Crippen LogP contribution in [0.2, 0.25) is 0 Å². The largest absolute Gasteiger partial charge is 0.378 e. The van der Waals surface area contributed by atoms with Crippen LogP contribution in [0.15, 0.2) is 11.6 Å². The van der Waals surface area contributed by atoms with Crippen LogP contribution >= 0.6 is 12.4 Å². The maximum atomic E-state index is 6.48. The third-order valence-electron chi connectivity index (χ3n) is 12.4. The van der Waals surface area contributed by atoms with Gasteiger partial charge < -0.3 is 9.64 Å². The zero-order chi connectivity index (χ0) is 25.3. The number of halogens is 1. The smallest absolute Gasteiger partial charge is 0.0612 e. The molecule has 1 heterocycles. The van der Waals surface area contributed by atoms with Crippen LogP contribution in [0.5, 0.6) is 0 Å². The molecule has 0 radical (unpaired) electrons. The predicted molar refractivity (Wildman–Crippen MR) is 160 cm³/mol. The van der Waals surface area contributed by atoms with E-state index in [1.807, 2.05) is 0 Å². The summed E-state index contributed by atoms with van der Waals surface area (Å²) in [4.78, 5) is 2.63. The van der Waals surface area contributed by atoms with Gasteiger partial charge in [0.25, 0.3) is 0 Å². The number of likely N-dealkylation sites (tertiary alicyclic amines) is 1. The van der Waals surface area contributed by atoms with Gasteiger partial charge in [0.1, 0.15) is 0 Å². The van der Waals surface area contributed by atoms with Gasteiger partial charge in [0.05, 0.1) is 6.10 Å². The first-order valence-corrected chi connectivity index (χ1v) is 16.3. The normalized spacial score (nSPS) is 40.5. The fraction of sp³-hybridized carbons (Fsp3) is 0.941. The standard InChI is InChI=1S/C34H59NO.ClH/c1-25(2)10-8-11-26(3)30-14-15-31-29-13-12-27-24-28(36-23-9-22-35-20-6-7-21-35)16-18-33(27,4)32(29)17-19-34(30,31)5;/h12,25-26,28-32H,6-11,13-24H2,1-5H3;1H/t26-,28+,29+,30-,31+,32+,33+,34-;/m1./s1. The minimum absolute atomic E-state index is 0. The van der Waals surface area contributed by atoms with Gasteiger partial charge >= 0.3 is 0 Å². The monoisotopic (exact) mass is 533 g/mol. The van der Waals surface area contributed by atoms with E-state index in [0.717, 1.165) is 42.1 Å². The fourth-order valence-electron chi connectivity index (χ4n) is 10.3. The Hall–Kier alpha value is -0.0500. The molecule has 0 aromatic carbocycles. The second-order valence-electron chi connectivity index (χ2n) is 14.9. The van der Waals surface area contributed by atoms with Gasteiger partial charge in [-0.2, -0.15) is 0 Å². The molecule has 214 valence electrons. The molecular formula is C34H60ClNO. The molecule has 2 nitrogen and oxygen atoms in total. The van der Waals surface area contributed by atoms with E-state index in [2.05, 4.69) is 45.6 Å². The van der Waals surface area contributed by atoms with Crippen molar-refractivity contribution >= 4 is 12.4 Å². The zero-order valence-corrected chi connectivity index (χ0v) is 25.9. The van der Waals surface area contributed by atoms with E-state index in [1.54, 1.807) is 5.57 Å². The lowest BCUT2D eigenvalue weighted by atomic mass is 9.47. The predicted octanol–water partition coefficient (Wildman–Crippen LogP) is 9.32. The average molecular weight is 534 g/mol. The highest BCUT2D eigenvalue weighted by atomic mass is 35.5. The molecule has 0 N–H and O–H groups in total. The molecule has 5 aliphatic rings. The van der Waals surface area contributed by atoms with Gasteiger partial charge in [-0.1, -0.05) is 65.5 Å². The van der Waals surface area contributed by atoms with Crippen molar-refractivity contribution in [3.05, 3.63) is 11.6 Å². The summed E-state index contributed by atoms with van der Waals surface area (Å²) in [6.07, 6.45) is 22.8. The van der Waals surface area contributed by atoms with Gasteiger partial charge in [-0.15, -0.1) is 12.4 Å². The molecule has 3 saturated carbocycles. The lowest BCUT2D eigenvalue weighted by Crippen LogP contribution is -2.51.